The number of morpholine rings is 1. The van der Waals surface area contributed by atoms with Gasteiger partial charge in [0.2, 0.25) is 0 Å². The van der Waals surface area contributed by atoms with Crippen molar-refractivity contribution in [1.29, 1.82) is 0 Å². The zero-order valence-corrected chi connectivity index (χ0v) is 20.1. The highest BCUT2D eigenvalue weighted by Crippen LogP contribution is 2.30. The summed E-state index contributed by atoms with van der Waals surface area (Å²) in [4.78, 5) is 10.4. The van der Waals surface area contributed by atoms with Crippen molar-refractivity contribution >= 4 is 41.3 Å². The van der Waals surface area contributed by atoms with Crippen LogP contribution in [0.5, 0.6) is 0 Å². The van der Waals surface area contributed by atoms with E-state index in [-0.39, 0.29) is 30.1 Å². The van der Waals surface area contributed by atoms with Crippen molar-refractivity contribution in [1.82, 2.24) is 15.2 Å². The molecule has 1 aromatic heterocycles. The van der Waals surface area contributed by atoms with Crippen LogP contribution in [0.15, 0.2) is 34.6 Å². The maximum atomic E-state index is 12.7. The van der Waals surface area contributed by atoms with Gasteiger partial charge in [0.05, 0.1) is 18.2 Å². The molecule has 0 radical (unpaired) electrons. The number of nitrogens with one attached hydrogen (secondary N) is 1. The van der Waals surface area contributed by atoms with Gasteiger partial charge in [0.25, 0.3) is 0 Å². The predicted molar refractivity (Wildman–Crippen MR) is 124 cm³/mol. The molecule has 1 aromatic carbocycles. The first-order valence-electron chi connectivity index (χ1n) is 9.60. The lowest BCUT2D eigenvalue weighted by Gasteiger charge is -2.35. The standard InChI is InChI=1S/C20H25F3N4OS.HI/c1-3-24-19(25-9-8-18-26-17(13-29-18)20(21,22)23)27-10-11-28-16(12-27)15-7-5-4-6-14(15)2;/h4-7,13,16H,3,8-12H2,1-2H3,(H,24,25);1H. The zero-order valence-electron chi connectivity index (χ0n) is 16.9. The quantitative estimate of drug-likeness (QED) is 0.332. The predicted octanol–water partition coefficient (Wildman–Crippen LogP) is 4.67. The van der Waals surface area contributed by atoms with Crippen molar-refractivity contribution < 1.29 is 17.9 Å². The molecule has 166 valence electrons. The number of ether oxygens (including phenoxy) is 1. The van der Waals surface area contributed by atoms with Gasteiger partial charge in [-0.05, 0) is 25.0 Å². The molecule has 1 saturated heterocycles. The van der Waals surface area contributed by atoms with E-state index in [0.717, 1.165) is 28.2 Å². The number of rotatable bonds is 5. The second kappa shape index (κ2) is 11.3. The van der Waals surface area contributed by atoms with Crippen molar-refractivity contribution in [3.8, 4) is 0 Å². The van der Waals surface area contributed by atoms with Gasteiger partial charge in [-0.15, -0.1) is 35.3 Å². The van der Waals surface area contributed by atoms with Crippen molar-refractivity contribution in [3.63, 3.8) is 0 Å². The van der Waals surface area contributed by atoms with Crippen LogP contribution in [0.4, 0.5) is 13.2 Å². The van der Waals surface area contributed by atoms with Crippen LogP contribution in [0.25, 0.3) is 0 Å². The van der Waals surface area contributed by atoms with E-state index in [9.17, 15) is 13.2 Å². The van der Waals surface area contributed by atoms with E-state index in [4.69, 9.17) is 4.74 Å². The molecule has 1 N–H and O–H groups in total. The fourth-order valence-electron chi connectivity index (χ4n) is 3.22. The highest BCUT2D eigenvalue weighted by molar-refractivity contribution is 14.0. The number of alkyl halides is 3. The van der Waals surface area contributed by atoms with E-state index in [1.807, 2.05) is 19.1 Å². The van der Waals surface area contributed by atoms with Crippen LogP contribution in [0.3, 0.4) is 0 Å². The Morgan fingerprint density at radius 3 is 2.80 bits per heavy atom. The van der Waals surface area contributed by atoms with Gasteiger partial charge in [-0.2, -0.15) is 13.2 Å². The number of aromatic nitrogens is 1. The Morgan fingerprint density at radius 1 is 1.37 bits per heavy atom. The maximum absolute atomic E-state index is 12.7. The van der Waals surface area contributed by atoms with Crippen molar-refractivity contribution in [2.45, 2.75) is 32.5 Å². The Balaban J connectivity index is 0.00000320. The Morgan fingerprint density at radius 2 is 2.13 bits per heavy atom. The van der Waals surface area contributed by atoms with Crippen molar-refractivity contribution in [2.75, 3.05) is 32.8 Å². The molecule has 0 amide bonds. The number of benzene rings is 1. The molecule has 5 nitrogen and oxygen atoms in total. The van der Waals surface area contributed by atoms with Gasteiger partial charge in [-0.3, -0.25) is 4.99 Å². The summed E-state index contributed by atoms with van der Waals surface area (Å²) in [7, 11) is 0. The van der Waals surface area contributed by atoms with Crippen LogP contribution in [-0.4, -0.2) is 48.6 Å². The number of aryl methyl sites for hydroxylation is 1. The molecule has 0 aliphatic carbocycles. The molecule has 3 rings (SSSR count). The van der Waals surface area contributed by atoms with Crippen LogP contribution >= 0.6 is 35.3 Å². The smallest absolute Gasteiger partial charge is 0.370 e. The minimum absolute atomic E-state index is 0. The average molecular weight is 554 g/mol. The summed E-state index contributed by atoms with van der Waals surface area (Å²) in [6.45, 7) is 7.12. The van der Waals surface area contributed by atoms with Gasteiger partial charge < -0.3 is 15.0 Å². The number of aliphatic imine (C=N–C) groups is 1. The summed E-state index contributed by atoms with van der Waals surface area (Å²) in [6.07, 6.45) is -4.06. The normalized spacial score (nSPS) is 17.6. The first kappa shape index (κ1) is 24.9. The average Bonchev–Trinajstić information content (AvgIpc) is 3.17. The molecule has 1 aliphatic rings. The molecule has 1 unspecified atom stereocenters. The van der Waals surface area contributed by atoms with Crippen LogP contribution in [-0.2, 0) is 17.3 Å². The van der Waals surface area contributed by atoms with Crippen LogP contribution in [0.2, 0.25) is 0 Å². The third kappa shape index (κ3) is 6.55. The molecular weight excluding hydrogens is 528 g/mol. The Kier molecular flexibility index (Phi) is 9.35. The van der Waals surface area contributed by atoms with Gasteiger partial charge >= 0.3 is 6.18 Å². The summed E-state index contributed by atoms with van der Waals surface area (Å²) >= 11 is 1.02. The monoisotopic (exact) mass is 554 g/mol. The molecule has 10 heteroatoms. The molecule has 2 heterocycles. The molecule has 0 saturated carbocycles. The molecule has 1 aliphatic heterocycles. The number of hydrogen-bond acceptors (Lipinski definition) is 4. The van der Waals surface area contributed by atoms with Gasteiger partial charge in [-0.25, -0.2) is 4.98 Å². The summed E-state index contributed by atoms with van der Waals surface area (Å²) in [5.41, 5.74) is 1.52. The summed E-state index contributed by atoms with van der Waals surface area (Å²) in [5, 5.41) is 4.77. The molecule has 1 fully saturated rings. The fourth-order valence-corrected chi connectivity index (χ4v) is 4.01. The first-order chi connectivity index (χ1) is 13.9. The molecular formula is C20H26F3IN4OS. The zero-order chi connectivity index (χ0) is 20.9. The van der Waals surface area contributed by atoms with Crippen LogP contribution in [0.1, 0.15) is 34.9 Å². The molecule has 0 spiro atoms. The molecule has 2 aromatic rings. The van der Waals surface area contributed by atoms with E-state index < -0.39 is 11.9 Å². The fraction of sp³-hybridized carbons (Fsp3) is 0.500. The molecule has 0 bridgehead atoms. The van der Waals surface area contributed by atoms with Gasteiger partial charge in [0, 0.05) is 31.4 Å². The maximum Gasteiger partial charge on any atom is 0.434 e. The minimum Gasteiger partial charge on any atom is -0.370 e. The van der Waals surface area contributed by atoms with E-state index in [1.165, 1.54) is 5.56 Å². The first-order valence-corrected chi connectivity index (χ1v) is 10.5. The number of hydrogen-bond donors (Lipinski definition) is 1. The Bertz CT molecular complexity index is 843. The van der Waals surface area contributed by atoms with E-state index in [0.29, 0.717) is 44.2 Å². The van der Waals surface area contributed by atoms with Crippen molar-refractivity contribution in [3.05, 3.63) is 51.5 Å². The van der Waals surface area contributed by atoms with Crippen LogP contribution in [0, 0.1) is 6.92 Å². The second-order valence-corrected chi connectivity index (χ2v) is 7.71. The Labute approximate surface area is 195 Å². The third-order valence-electron chi connectivity index (χ3n) is 4.67. The number of nitrogens with zero attached hydrogens (tertiary/aromatic N) is 3. The number of halogens is 4. The van der Waals surface area contributed by atoms with Crippen molar-refractivity contribution in [2.24, 2.45) is 4.99 Å². The van der Waals surface area contributed by atoms with Gasteiger partial charge in [0.1, 0.15) is 6.10 Å². The lowest BCUT2D eigenvalue weighted by molar-refractivity contribution is -0.140. The minimum atomic E-state index is -4.40. The summed E-state index contributed by atoms with van der Waals surface area (Å²) < 4.78 is 44.0. The SMILES string of the molecule is CCNC(=NCCc1nc(C(F)(F)F)cs1)N1CCOC(c2ccccc2C)C1.I. The number of thiazole rings is 1. The Hall–Kier alpha value is -1.40. The third-order valence-corrected chi connectivity index (χ3v) is 5.57. The molecule has 1 atom stereocenters. The van der Waals surface area contributed by atoms with E-state index in [1.54, 1.807) is 0 Å². The molecule has 30 heavy (non-hydrogen) atoms. The lowest BCUT2D eigenvalue weighted by Crippen LogP contribution is -2.48. The summed E-state index contributed by atoms with van der Waals surface area (Å²) in [6, 6.07) is 8.16. The lowest BCUT2D eigenvalue weighted by atomic mass is 10.0. The van der Waals surface area contributed by atoms with Gasteiger partial charge in [-0.1, -0.05) is 24.3 Å². The largest absolute Gasteiger partial charge is 0.434 e. The highest BCUT2D eigenvalue weighted by Gasteiger charge is 2.33. The highest BCUT2D eigenvalue weighted by atomic mass is 127. The van der Waals surface area contributed by atoms with E-state index in [2.05, 4.69) is 39.2 Å². The summed E-state index contributed by atoms with van der Waals surface area (Å²) in [5.74, 6) is 0.752. The van der Waals surface area contributed by atoms with E-state index >= 15 is 0 Å². The van der Waals surface area contributed by atoms with Crippen LogP contribution < -0.4 is 5.32 Å². The topological polar surface area (TPSA) is 49.8 Å². The number of guanidine groups is 1. The second-order valence-electron chi connectivity index (χ2n) is 6.77. The van der Waals surface area contributed by atoms with Gasteiger partial charge in [0.15, 0.2) is 11.7 Å².